The largest absolute Gasteiger partial charge is 0.389 e. The summed E-state index contributed by atoms with van der Waals surface area (Å²) in [5.74, 6) is 0.0500. The van der Waals surface area contributed by atoms with Crippen LogP contribution in [0.25, 0.3) is 0 Å². The summed E-state index contributed by atoms with van der Waals surface area (Å²) < 4.78 is 4.88. The van der Waals surface area contributed by atoms with Gasteiger partial charge in [-0.3, -0.25) is 9.69 Å². The molecule has 0 aromatic carbocycles. The third-order valence-electron chi connectivity index (χ3n) is 3.60. The molecule has 0 aliphatic heterocycles. The monoisotopic (exact) mass is 258 g/mol. The minimum absolute atomic E-state index is 0.0500. The van der Waals surface area contributed by atoms with Gasteiger partial charge in [-0.25, -0.2) is 0 Å². The smallest absolute Gasteiger partial charge is 0.237 e. The van der Waals surface area contributed by atoms with E-state index in [1.54, 1.807) is 7.11 Å². The average Bonchev–Trinajstić information content (AvgIpc) is 2.80. The molecule has 2 N–H and O–H groups in total. The Morgan fingerprint density at radius 3 is 2.67 bits per heavy atom. The predicted molar refractivity (Wildman–Crippen MR) is 70.4 cm³/mol. The second-order valence-corrected chi connectivity index (χ2v) is 5.21. The summed E-state index contributed by atoms with van der Waals surface area (Å²) in [5.41, 5.74) is 0. The topological polar surface area (TPSA) is 61.8 Å². The second kappa shape index (κ2) is 7.71. The normalized spacial score (nSPS) is 20.1. The fourth-order valence-electron chi connectivity index (χ4n) is 2.33. The van der Waals surface area contributed by atoms with Gasteiger partial charge in [0.25, 0.3) is 0 Å². The van der Waals surface area contributed by atoms with Crippen molar-refractivity contribution in [2.24, 2.45) is 0 Å². The molecule has 1 aliphatic rings. The average molecular weight is 258 g/mol. The van der Waals surface area contributed by atoms with E-state index in [2.05, 4.69) is 5.32 Å². The maximum Gasteiger partial charge on any atom is 0.237 e. The number of hydrogen-bond acceptors (Lipinski definition) is 4. The molecular weight excluding hydrogens is 232 g/mol. The molecule has 0 bridgehead atoms. The van der Waals surface area contributed by atoms with Crippen LogP contribution in [0.4, 0.5) is 0 Å². The number of carbonyl (C=O) groups excluding carboxylic acids is 1. The van der Waals surface area contributed by atoms with Crippen molar-refractivity contribution in [1.29, 1.82) is 0 Å². The first-order valence-electron chi connectivity index (χ1n) is 6.72. The predicted octanol–water partition coefficient (Wildman–Crippen LogP) is 0.373. The Morgan fingerprint density at radius 1 is 1.50 bits per heavy atom. The number of nitrogens with one attached hydrogen (secondary N) is 1. The summed E-state index contributed by atoms with van der Waals surface area (Å²) in [6.07, 6.45) is 4.05. The quantitative estimate of drug-likeness (QED) is 0.693. The molecule has 5 heteroatoms. The lowest BCUT2D eigenvalue weighted by Gasteiger charge is -2.27. The van der Waals surface area contributed by atoms with Gasteiger partial charge in [0.2, 0.25) is 5.91 Å². The zero-order valence-corrected chi connectivity index (χ0v) is 11.7. The highest BCUT2D eigenvalue weighted by molar-refractivity contribution is 5.81. The van der Waals surface area contributed by atoms with Gasteiger partial charge >= 0.3 is 0 Å². The third-order valence-corrected chi connectivity index (χ3v) is 3.60. The maximum absolute atomic E-state index is 12.0. The third kappa shape index (κ3) is 4.92. The highest BCUT2D eigenvalue weighted by atomic mass is 16.5. The summed E-state index contributed by atoms with van der Waals surface area (Å²) in [6, 6.07) is 0.120. The van der Waals surface area contributed by atoms with Crippen molar-refractivity contribution >= 4 is 5.91 Å². The van der Waals surface area contributed by atoms with E-state index in [1.165, 1.54) is 12.8 Å². The van der Waals surface area contributed by atoms with E-state index in [4.69, 9.17) is 4.74 Å². The minimum atomic E-state index is -0.554. The summed E-state index contributed by atoms with van der Waals surface area (Å²) >= 11 is 0. The Morgan fingerprint density at radius 2 is 2.11 bits per heavy atom. The fraction of sp³-hybridized carbons (Fsp3) is 0.923. The summed E-state index contributed by atoms with van der Waals surface area (Å²) in [6.45, 7) is 2.60. The van der Waals surface area contributed by atoms with Gasteiger partial charge in [0, 0.05) is 19.7 Å². The van der Waals surface area contributed by atoms with Crippen LogP contribution in [0.1, 0.15) is 32.6 Å². The van der Waals surface area contributed by atoms with E-state index in [0.717, 1.165) is 12.8 Å². The van der Waals surface area contributed by atoms with Crippen LogP contribution < -0.4 is 5.32 Å². The Kier molecular flexibility index (Phi) is 6.60. The molecule has 1 amide bonds. The van der Waals surface area contributed by atoms with Gasteiger partial charge in [0.05, 0.1) is 18.8 Å². The first-order chi connectivity index (χ1) is 8.54. The molecule has 0 aromatic rings. The fourth-order valence-corrected chi connectivity index (χ4v) is 2.33. The minimum Gasteiger partial charge on any atom is -0.389 e. The lowest BCUT2D eigenvalue weighted by Crippen LogP contribution is -2.48. The van der Waals surface area contributed by atoms with Crippen LogP contribution in [0.2, 0.25) is 0 Å². The molecule has 18 heavy (non-hydrogen) atoms. The van der Waals surface area contributed by atoms with Gasteiger partial charge < -0.3 is 15.2 Å². The molecule has 1 rings (SSSR count). The number of carbonyl (C=O) groups is 1. The first kappa shape index (κ1) is 15.4. The number of aliphatic hydroxyl groups is 1. The molecule has 2 atom stereocenters. The van der Waals surface area contributed by atoms with Crippen LogP contribution >= 0.6 is 0 Å². The molecule has 0 aromatic heterocycles. The van der Waals surface area contributed by atoms with Crippen molar-refractivity contribution in [2.75, 3.05) is 27.3 Å². The van der Waals surface area contributed by atoms with Crippen LogP contribution in [-0.2, 0) is 9.53 Å². The van der Waals surface area contributed by atoms with E-state index in [1.807, 2.05) is 18.9 Å². The second-order valence-electron chi connectivity index (χ2n) is 5.21. The number of amides is 1. The van der Waals surface area contributed by atoms with Crippen LogP contribution in [0, 0.1) is 0 Å². The van der Waals surface area contributed by atoms with Crippen LogP contribution in [-0.4, -0.2) is 61.4 Å². The van der Waals surface area contributed by atoms with Gasteiger partial charge in [-0.1, -0.05) is 12.8 Å². The lowest BCUT2D eigenvalue weighted by atomic mass is 10.2. The zero-order chi connectivity index (χ0) is 13.5. The Balaban J connectivity index is 2.32. The van der Waals surface area contributed by atoms with Crippen molar-refractivity contribution in [3.8, 4) is 0 Å². The molecule has 1 aliphatic carbocycles. The van der Waals surface area contributed by atoms with Gasteiger partial charge in [-0.2, -0.15) is 0 Å². The highest BCUT2D eigenvalue weighted by Crippen LogP contribution is 2.17. The highest BCUT2D eigenvalue weighted by Gasteiger charge is 2.24. The van der Waals surface area contributed by atoms with E-state index in [-0.39, 0.29) is 11.9 Å². The van der Waals surface area contributed by atoms with Gasteiger partial charge in [0.1, 0.15) is 0 Å². The van der Waals surface area contributed by atoms with Crippen molar-refractivity contribution in [1.82, 2.24) is 10.2 Å². The lowest BCUT2D eigenvalue weighted by molar-refractivity contribution is -0.126. The van der Waals surface area contributed by atoms with Crippen molar-refractivity contribution in [3.05, 3.63) is 0 Å². The zero-order valence-electron chi connectivity index (χ0n) is 11.7. The van der Waals surface area contributed by atoms with Crippen molar-refractivity contribution < 1.29 is 14.6 Å². The molecule has 2 unspecified atom stereocenters. The van der Waals surface area contributed by atoms with Crippen molar-refractivity contribution in [2.45, 2.75) is 50.8 Å². The number of nitrogens with zero attached hydrogens (tertiary/aromatic N) is 1. The summed E-state index contributed by atoms with van der Waals surface area (Å²) in [7, 11) is 3.40. The van der Waals surface area contributed by atoms with E-state index < -0.39 is 6.10 Å². The number of aliphatic hydroxyl groups excluding tert-OH is 1. The van der Waals surface area contributed by atoms with Crippen molar-refractivity contribution in [3.63, 3.8) is 0 Å². The molecule has 1 fully saturated rings. The molecular formula is C13H26N2O3. The van der Waals surface area contributed by atoms with E-state index in [9.17, 15) is 9.90 Å². The van der Waals surface area contributed by atoms with Crippen LogP contribution in [0.3, 0.4) is 0 Å². The first-order valence-corrected chi connectivity index (χ1v) is 6.72. The molecule has 0 heterocycles. The maximum atomic E-state index is 12.0. The van der Waals surface area contributed by atoms with Gasteiger partial charge in [0.15, 0.2) is 0 Å². The standard InChI is InChI=1S/C13H26N2O3/c1-10(15(2)8-12(16)9-18-3)13(17)14-11-6-4-5-7-11/h10-12,16H,4-9H2,1-3H3,(H,14,17). The van der Waals surface area contributed by atoms with Crippen LogP contribution in [0.5, 0.6) is 0 Å². The van der Waals surface area contributed by atoms with E-state index in [0.29, 0.717) is 19.2 Å². The number of ether oxygens (including phenoxy) is 1. The Labute approximate surface area is 109 Å². The molecule has 1 saturated carbocycles. The number of rotatable bonds is 7. The number of methoxy groups -OCH3 is 1. The number of likely N-dealkylation sites (N-methyl/N-ethyl adjacent to an activating group) is 1. The molecule has 5 nitrogen and oxygen atoms in total. The summed E-state index contributed by atoms with van der Waals surface area (Å²) in [5, 5.41) is 12.7. The van der Waals surface area contributed by atoms with Crippen LogP contribution in [0.15, 0.2) is 0 Å². The SMILES string of the molecule is COCC(O)CN(C)C(C)C(=O)NC1CCCC1. The van der Waals surface area contributed by atoms with Gasteiger partial charge in [-0.15, -0.1) is 0 Å². The molecule has 106 valence electrons. The summed E-state index contributed by atoms with van der Waals surface area (Å²) in [4.78, 5) is 13.9. The van der Waals surface area contributed by atoms with E-state index >= 15 is 0 Å². The molecule has 0 radical (unpaired) electrons. The van der Waals surface area contributed by atoms with Gasteiger partial charge in [-0.05, 0) is 26.8 Å². The Hall–Kier alpha value is -0.650. The Bertz CT molecular complexity index is 255. The number of hydrogen-bond donors (Lipinski definition) is 2. The molecule has 0 spiro atoms. The molecule has 0 saturated heterocycles.